The van der Waals surface area contributed by atoms with E-state index in [1.165, 1.54) is 5.56 Å². The number of ether oxygens (including phenoxy) is 1. The molecule has 0 saturated heterocycles. The molecule has 1 amide bonds. The predicted molar refractivity (Wildman–Crippen MR) is 116 cm³/mol. The summed E-state index contributed by atoms with van der Waals surface area (Å²) in [5, 5.41) is 4.20. The largest absolute Gasteiger partial charge is 0.484 e. The Morgan fingerprint density at radius 2 is 1.70 bits per heavy atom. The van der Waals surface area contributed by atoms with Crippen molar-refractivity contribution in [2.75, 3.05) is 18.9 Å². The van der Waals surface area contributed by atoms with Crippen molar-refractivity contribution >= 4 is 40.9 Å². The second-order valence-corrected chi connectivity index (χ2v) is 9.09. The first-order chi connectivity index (χ1) is 12.8. The predicted octanol–water partition coefficient (Wildman–Crippen LogP) is 5.72. The number of hydrogen-bond donors (Lipinski definition) is 1. The third-order valence-corrected chi connectivity index (χ3v) is 5.66. The van der Waals surface area contributed by atoms with Crippen LogP contribution in [0.1, 0.15) is 31.9 Å². The second-order valence-electron chi connectivity index (χ2n) is 7.17. The summed E-state index contributed by atoms with van der Waals surface area (Å²) in [6.45, 7) is 7.06. The van der Waals surface area contributed by atoms with Crippen LogP contribution < -0.4 is 10.1 Å². The van der Waals surface area contributed by atoms with Crippen molar-refractivity contribution < 1.29 is 9.53 Å². The Morgan fingerprint density at radius 3 is 2.30 bits per heavy atom. The summed E-state index contributed by atoms with van der Waals surface area (Å²) in [5.74, 6) is 2.05. The van der Waals surface area contributed by atoms with Gasteiger partial charge in [0.1, 0.15) is 5.75 Å². The number of halogens is 2. The number of benzene rings is 2. The maximum Gasteiger partial charge on any atom is 0.257 e. The average Bonchev–Trinajstić information content (AvgIpc) is 2.61. The fourth-order valence-electron chi connectivity index (χ4n) is 2.36. The topological polar surface area (TPSA) is 38.3 Å². The van der Waals surface area contributed by atoms with Crippen molar-refractivity contribution in [3.8, 4) is 5.75 Å². The molecule has 0 saturated carbocycles. The lowest BCUT2D eigenvalue weighted by Gasteiger charge is -2.19. The van der Waals surface area contributed by atoms with Crippen molar-refractivity contribution in [1.29, 1.82) is 0 Å². The summed E-state index contributed by atoms with van der Waals surface area (Å²) in [7, 11) is 0. The number of carbonyl (C=O) groups excluding carboxylic acids is 1. The summed E-state index contributed by atoms with van der Waals surface area (Å²) in [4.78, 5) is 11.9. The van der Waals surface area contributed by atoms with E-state index in [-0.39, 0.29) is 17.9 Å². The highest BCUT2D eigenvalue weighted by atomic mass is 35.5. The molecule has 1 N–H and O–H groups in total. The lowest BCUT2D eigenvalue weighted by Crippen LogP contribution is -2.30. The fraction of sp³-hybridized carbons (Fsp3) is 0.381. The zero-order valence-electron chi connectivity index (χ0n) is 15.9. The van der Waals surface area contributed by atoms with Gasteiger partial charge in [0.25, 0.3) is 5.91 Å². The van der Waals surface area contributed by atoms with E-state index in [1.54, 1.807) is 11.8 Å². The Hall–Kier alpha value is -1.36. The van der Waals surface area contributed by atoms with Crippen LogP contribution in [0.15, 0.2) is 42.5 Å². The minimum Gasteiger partial charge on any atom is -0.484 e. The standard InChI is InChI=1S/C21H25Cl2NO2S/c1-21(2,3)15-7-9-16(10-8-15)26-13-20(25)24-11-12-27-14-17-18(22)5-4-6-19(17)23/h4-10H,11-14H2,1-3H3,(H,24,25). The zero-order chi connectivity index (χ0) is 19.9. The maximum absolute atomic E-state index is 11.9. The van der Waals surface area contributed by atoms with Gasteiger partial charge in [-0.3, -0.25) is 4.79 Å². The van der Waals surface area contributed by atoms with Crippen LogP contribution in [-0.2, 0) is 16.0 Å². The van der Waals surface area contributed by atoms with Gasteiger partial charge in [0, 0.05) is 28.1 Å². The molecule has 0 aromatic heterocycles. The number of hydrogen-bond acceptors (Lipinski definition) is 3. The van der Waals surface area contributed by atoms with Gasteiger partial charge in [0.05, 0.1) is 0 Å². The monoisotopic (exact) mass is 425 g/mol. The minimum absolute atomic E-state index is 0.00979. The lowest BCUT2D eigenvalue weighted by atomic mass is 9.87. The first kappa shape index (κ1) is 21.9. The molecule has 146 valence electrons. The fourth-order valence-corrected chi connectivity index (χ4v) is 3.95. The van der Waals surface area contributed by atoms with Crippen LogP contribution in [0.25, 0.3) is 0 Å². The number of rotatable bonds is 8. The number of thioether (sulfide) groups is 1. The van der Waals surface area contributed by atoms with E-state index < -0.39 is 0 Å². The zero-order valence-corrected chi connectivity index (χ0v) is 18.2. The van der Waals surface area contributed by atoms with E-state index >= 15 is 0 Å². The van der Waals surface area contributed by atoms with Gasteiger partial charge in [-0.1, -0.05) is 62.2 Å². The molecule has 2 rings (SSSR count). The first-order valence-corrected chi connectivity index (χ1v) is 10.7. The molecule has 0 radical (unpaired) electrons. The van der Waals surface area contributed by atoms with Crippen molar-refractivity contribution in [3.63, 3.8) is 0 Å². The maximum atomic E-state index is 11.9. The van der Waals surface area contributed by atoms with Gasteiger partial charge >= 0.3 is 0 Å². The SMILES string of the molecule is CC(C)(C)c1ccc(OCC(=O)NCCSCc2c(Cl)cccc2Cl)cc1. The molecule has 6 heteroatoms. The number of carbonyl (C=O) groups is 1. The molecule has 0 unspecified atom stereocenters. The molecule has 2 aromatic rings. The van der Waals surface area contributed by atoms with Crippen LogP contribution in [0.3, 0.4) is 0 Å². The molecule has 0 atom stereocenters. The smallest absolute Gasteiger partial charge is 0.257 e. The molecular weight excluding hydrogens is 401 g/mol. The van der Waals surface area contributed by atoms with Crippen molar-refractivity contribution in [2.24, 2.45) is 0 Å². The Bertz CT molecular complexity index is 738. The van der Waals surface area contributed by atoms with Gasteiger partial charge in [-0.25, -0.2) is 0 Å². The normalized spacial score (nSPS) is 11.3. The summed E-state index contributed by atoms with van der Waals surface area (Å²) in [5.41, 5.74) is 2.26. The second kappa shape index (κ2) is 10.3. The van der Waals surface area contributed by atoms with Crippen LogP contribution in [0.5, 0.6) is 5.75 Å². The highest BCUT2D eigenvalue weighted by Crippen LogP contribution is 2.28. The quantitative estimate of drug-likeness (QED) is 0.549. The molecule has 0 bridgehead atoms. The number of nitrogens with one attached hydrogen (secondary N) is 1. The number of amides is 1. The van der Waals surface area contributed by atoms with E-state index in [0.717, 1.165) is 11.3 Å². The third kappa shape index (κ3) is 7.28. The van der Waals surface area contributed by atoms with Gasteiger partial charge in [-0.05, 0) is 40.8 Å². The van der Waals surface area contributed by atoms with Gasteiger partial charge in [-0.2, -0.15) is 11.8 Å². The molecule has 27 heavy (non-hydrogen) atoms. The van der Waals surface area contributed by atoms with Gasteiger partial charge in [-0.15, -0.1) is 0 Å². The van der Waals surface area contributed by atoms with E-state index in [0.29, 0.717) is 28.1 Å². The molecule has 0 fully saturated rings. The molecular formula is C21H25Cl2NO2S. The summed E-state index contributed by atoms with van der Waals surface area (Å²) >= 11 is 14.0. The van der Waals surface area contributed by atoms with Crippen LogP contribution in [-0.4, -0.2) is 24.8 Å². The molecule has 0 spiro atoms. The summed E-state index contributed by atoms with van der Waals surface area (Å²) in [6, 6.07) is 13.4. The van der Waals surface area contributed by atoms with Gasteiger partial charge in [0.15, 0.2) is 6.61 Å². The highest BCUT2D eigenvalue weighted by Gasteiger charge is 2.13. The minimum atomic E-state index is -0.133. The van der Waals surface area contributed by atoms with E-state index in [2.05, 4.69) is 26.1 Å². The van der Waals surface area contributed by atoms with E-state index in [4.69, 9.17) is 27.9 Å². The average molecular weight is 426 g/mol. The summed E-state index contributed by atoms with van der Waals surface area (Å²) in [6.07, 6.45) is 0. The molecule has 2 aromatic carbocycles. The van der Waals surface area contributed by atoms with Crippen LogP contribution in [0, 0.1) is 0 Å². The van der Waals surface area contributed by atoms with E-state index in [9.17, 15) is 4.79 Å². The molecule has 3 nitrogen and oxygen atoms in total. The van der Waals surface area contributed by atoms with Crippen molar-refractivity contribution in [1.82, 2.24) is 5.32 Å². The molecule has 0 aliphatic carbocycles. The van der Waals surface area contributed by atoms with Crippen LogP contribution in [0.4, 0.5) is 0 Å². The van der Waals surface area contributed by atoms with Crippen molar-refractivity contribution in [3.05, 3.63) is 63.6 Å². The molecule has 0 aliphatic rings. The molecule has 0 heterocycles. The molecule has 0 aliphatic heterocycles. The Kier molecular flexibility index (Phi) is 8.33. The van der Waals surface area contributed by atoms with Crippen LogP contribution in [0.2, 0.25) is 10.0 Å². The van der Waals surface area contributed by atoms with Crippen LogP contribution >= 0.6 is 35.0 Å². The Morgan fingerprint density at radius 1 is 1.07 bits per heavy atom. The summed E-state index contributed by atoms with van der Waals surface area (Å²) < 4.78 is 5.54. The van der Waals surface area contributed by atoms with Gasteiger partial charge in [0.2, 0.25) is 0 Å². The van der Waals surface area contributed by atoms with Gasteiger partial charge < -0.3 is 10.1 Å². The highest BCUT2D eigenvalue weighted by molar-refractivity contribution is 7.98. The van der Waals surface area contributed by atoms with E-state index in [1.807, 2.05) is 42.5 Å². The third-order valence-electron chi connectivity index (χ3n) is 3.97. The van der Waals surface area contributed by atoms with Crippen molar-refractivity contribution in [2.45, 2.75) is 31.9 Å². The Labute approximate surface area is 175 Å². The first-order valence-electron chi connectivity index (χ1n) is 8.78. The Balaban J connectivity index is 1.65. The lowest BCUT2D eigenvalue weighted by molar-refractivity contribution is -0.122.